The summed E-state index contributed by atoms with van der Waals surface area (Å²) in [4.78, 5) is 17.3. The summed E-state index contributed by atoms with van der Waals surface area (Å²) in [5, 5.41) is 2.93. The standard InChI is InChI=1S/C27H32N2O4/c1-5-17-32-25-9-7-8-10-26(25)33-23-14-11-21(12-15-23)29-27(30)24-16-13-22(28-20(24)4)18-19(3)31-6-2/h7-16,19H,5-6,17-18H2,1-4H3,(H,29,30). The first-order valence-electron chi connectivity index (χ1n) is 11.4. The number of aromatic nitrogens is 1. The van der Waals surface area contributed by atoms with Crippen molar-refractivity contribution >= 4 is 11.6 Å². The molecule has 0 aliphatic rings. The molecule has 1 heterocycles. The summed E-state index contributed by atoms with van der Waals surface area (Å²) in [6, 6.07) is 18.5. The molecule has 1 amide bonds. The summed E-state index contributed by atoms with van der Waals surface area (Å²) in [7, 11) is 0. The van der Waals surface area contributed by atoms with Crippen molar-refractivity contribution in [3.63, 3.8) is 0 Å². The van der Waals surface area contributed by atoms with Gasteiger partial charge in [0.15, 0.2) is 11.5 Å². The number of rotatable bonds is 11. The molecule has 1 aromatic heterocycles. The molecule has 3 aromatic rings. The fourth-order valence-corrected chi connectivity index (χ4v) is 3.40. The Bertz CT molecular complexity index is 1050. The third kappa shape index (κ3) is 7.05. The highest BCUT2D eigenvalue weighted by Gasteiger charge is 2.13. The van der Waals surface area contributed by atoms with Crippen LogP contribution in [0.25, 0.3) is 0 Å². The van der Waals surface area contributed by atoms with Crippen molar-refractivity contribution in [3.05, 3.63) is 77.6 Å². The maximum atomic E-state index is 12.8. The molecule has 1 unspecified atom stereocenters. The lowest BCUT2D eigenvalue weighted by Crippen LogP contribution is -2.16. The SMILES string of the molecule is CCCOc1ccccc1Oc1ccc(NC(=O)c2ccc(CC(C)OCC)nc2C)cc1. The summed E-state index contributed by atoms with van der Waals surface area (Å²) < 4.78 is 17.3. The second kappa shape index (κ2) is 12.0. The molecular formula is C27H32N2O4. The van der Waals surface area contributed by atoms with E-state index in [0.29, 0.717) is 53.8 Å². The van der Waals surface area contributed by atoms with E-state index < -0.39 is 0 Å². The zero-order valence-corrected chi connectivity index (χ0v) is 19.8. The van der Waals surface area contributed by atoms with Gasteiger partial charge >= 0.3 is 0 Å². The molecule has 6 nitrogen and oxygen atoms in total. The van der Waals surface area contributed by atoms with Gasteiger partial charge in [0.2, 0.25) is 0 Å². The van der Waals surface area contributed by atoms with Crippen LogP contribution in [0.2, 0.25) is 0 Å². The lowest BCUT2D eigenvalue weighted by atomic mass is 10.1. The fourth-order valence-electron chi connectivity index (χ4n) is 3.40. The predicted molar refractivity (Wildman–Crippen MR) is 130 cm³/mol. The summed E-state index contributed by atoms with van der Waals surface area (Å²) in [6.45, 7) is 9.20. The molecule has 1 atom stereocenters. The normalized spacial score (nSPS) is 11.6. The van der Waals surface area contributed by atoms with Crippen LogP contribution in [0.3, 0.4) is 0 Å². The summed E-state index contributed by atoms with van der Waals surface area (Å²) in [5.74, 6) is 1.82. The molecule has 0 bridgehead atoms. The predicted octanol–water partition coefficient (Wildman–Crippen LogP) is 6.19. The number of carbonyl (C=O) groups excluding carboxylic acids is 1. The van der Waals surface area contributed by atoms with E-state index in [1.54, 1.807) is 0 Å². The highest BCUT2D eigenvalue weighted by Crippen LogP contribution is 2.32. The number of carbonyl (C=O) groups is 1. The van der Waals surface area contributed by atoms with Gasteiger partial charge in [-0.3, -0.25) is 9.78 Å². The lowest BCUT2D eigenvalue weighted by Gasteiger charge is -2.13. The number of nitrogens with zero attached hydrogens (tertiary/aromatic N) is 1. The minimum Gasteiger partial charge on any atom is -0.490 e. The van der Waals surface area contributed by atoms with Crippen LogP contribution in [0.4, 0.5) is 5.69 Å². The third-order valence-corrected chi connectivity index (χ3v) is 4.99. The van der Waals surface area contributed by atoms with Gasteiger partial charge in [-0.05, 0) is 75.7 Å². The van der Waals surface area contributed by atoms with E-state index in [0.717, 1.165) is 12.1 Å². The molecule has 174 valence electrons. The van der Waals surface area contributed by atoms with Crippen molar-refractivity contribution in [3.8, 4) is 17.2 Å². The number of aryl methyl sites for hydroxylation is 1. The molecule has 33 heavy (non-hydrogen) atoms. The van der Waals surface area contributed by atoms with E-state index in [1.807, 2.05) is 81.4 Å². The van der Waals surface area contributed by atoms with E-state index in [-0.39, 0.29) is 12.0 Å². The van der Waals surface area contributed by atoms with Crippen LogP contribution in [0.1, 0.15) is 48.9 Å². The molecular weight excluding hydrogens is 416 g/mol. The Hall–Kier alpha value is -3.38. The van der Waals surface area contributed by atoms with Crippen LogP contribution in [0.15, 0.2) is 60.7 Å². The number of ether oxygens (including phenoxy) is 3. The van der Waals surface area contributed by atoms with Gasteiger partial charge in [-0.15, -0.1) is 0 Å². The van der Waals surface area contributed by atoms with Gasteiger partial charge in [-0.25, -0.2) is 0 Å². The van der Waals surface area contributed by atoms with Crippen LogP contribution in [-0.4, -0.2) is 30.2 Å². The second-order valence-electron chi connectivity index (χ2n) is 7.78. The molecule has 0 saturated carbocycles. The number of amides is 1. The summed E-state index contributed by atoms with van der Waals surface area (Å²) in [6.07, 6.45) is 1.73. The van der Waals surface area contributed by atoms with Crippen molar-refractivity contribution < 1.29 is 19.0 Å². The van der Waals surface area contributed by atoms with Gasteiger partial charge in [0.05, 0.1) is 24.0 Å². The topological polar surface area (TPSA) is 69.7 Å². The first-order valence-corrected chi connectivity index (χ1v) is 11.4. The Morgan fingerprint density at radius 1 is 1.00 bits per heavy atom. The quantitative estimate of drug-likeness (QED) is 0.379. The minimum atomic E-state index is -0.198. The van der Waals surface area contributed by atoms with E-state index in [1.165, 1.54) is 0 Å². The van der Waals surface area contributed by atoms with Crippen LogP contribution in [-0.2, 0) is 11.2 Å². The lowest BCUT2D eigenvalue weighted by molar-refractivity contribution is 0.0761. The molecule has 0 saturated heterocycles. The number of anilines is 1. The fraction of sp³-hybridized carbons (Fsp3) is 0.333. The average Bonchev–Trinajstić information content (AvgIpc) is 2.80. The number of nitrogens with one attached hydrogen (secondary N) is 1. The summed E-state index contributed by atoms with van der Waals surface area (Å²) >= 11 is 0. The van der Waals surface area contributed by atoms with Gasteiger partial charge in [0, 0.05) is 24.4 Å². The highest BCUT2D eigenvalue weighted by atomic mass is 16.5. The Balaban J connectivity index is 1.63. The zero-order chi connectivity index (χ0) is 23.6. The second-order valence-corrected chi connectivity index (χ2v) is 7.78. The number of pyridine rings is 1. The Morgan fingerprint density at radius 2 is 1.73 bits per heavy atom. The maximum absolute atomic E-state index is 12.8. The van der Waals surface area contributed by atoms with Crippen LogP contribution < -0.4 is 14.8 Å². The number of para-hydroxylation sites is 2. The highest BCUT2D eigenvalue weighted by molar-refractivity contribution is 6.05. The molecule has 0 spiro atoms. The number of benzene rings is 2. The van der Waals surface area contributed by atoms with Gasteiger partial charge in [0.1, 0.15) is 5.75 Å². The Morgan fingerprint density at radius 3 is 2.39 bits per heavy atom. The zero-order valence-electron chi connectivity index (χ0n) is 19.8. The van der Waals surface area contributed by atoms with E-state index in [2.05, 4.69) is 17.2 Å². The number of hydrogen-bond donors (Lipinski definition) is 1. The molecule has 2 aromatic carbocycles. The monoisotopic (exact) mass is 448 g/mol. The summed E-state index contributed by atoms with van der Waals surface area (Å²) in [5.41, 5.74) is 2.83. The Labute approximate surface area is 195 Å². The smallest absolute Gasteiger partial charge is 0.257 e. The molecule has 3 rings (SSSR count). The van der Waals surface area contributed by atoms with Crippen molar-refractivity contribution in [2.75, 3.05) is 18.5 Å². The maximum Gasteiger partial charge on any atom is 0.257 e. The molecule has 0 fully saturated rings. The molecule has 1 N–H and O–H groups in total. The van der Waals surface area contributed by atoms with Crippen molar-refractivity contribution in [1.29, 1.82) is 0 Å². The van der Waals surface area contributed by atoms with Crippen LogP contribution in [0, 0.1) is 6.92 Å². The molecule has 0 aliphatic carbocycles. The molecule has 0 aliphatic heterocycles. The van der Waals surface area contributed by atoms with Gasteiger partial charge in [0.25, 0.3) is 5.91 Å². The van der Waals surface area contributed by atoms with Crippen molar-refractivity contribution in [2.45, 2.75) is 46.6 Å². The van der Waals surface area contributed by atoms with Gasteiger partial charge < -0.3 is 19.5 Å². The average molecular weight is 449 g/mol. The molecule has 0 radical (unpaired) electrons. The van der Waals surface area contributed by atoms with Gasteiger partial charge in [-0.2, -0.15) is 0 Å². The largest absolute Gasteiger partial charge is 0.490 e. The first kappa shape index (κ1) is 24.3. The van der Waals surface area contributed by atoms with Gasteiger partial charge in [-0.1, -0.05) is 19.1 Å². The van der Waals surface area contributed by atoms with E-state index >= 15 is 0 Å². The van der Waals surface area contributed by atoms with Crippen LogP contribution in [0.5, 0.6) is 17.2 Å². The Kier molecular flexibility index (Phi) is 8.84. The van der Waals surface area contributed by atoms with Crippen LogP contribution >= 0.6 is 0 Å². The van der Waals surface area contributed by atoms with Crippen molar-refractivity contribution in [2.24, 2.45) is 0 Å². The van der Waals surface area contributed by atoms with Crippen molar-refractivity contribution in [1.82, 2.24) is 4.98 Å². The van der Waals surface area contributed by atoms with E-state index in [9.17, 15) is 4.79 Å². The number of hydrogen-bond acceptors (Lipinski definition) is 5. The minimum absolute atomic E-state index is 0.0903. The molecule has 6 heteroatoms. The van der Waals surface area contributed by atoms with E-state index in [4.69, 9.17) is 14.2 Å². The first-order chi connectivity index (χ1) is 16.0. The third-order valence-electron chi connectivity index (χ3n) is 4.99.